The molecule has 20 heteroatoms. The quantitative estimate of drug-likeness (QED) is 0.206. The number of nitrogens with one attached hydrogen (secondary N) is 1. The zero-order valence-corrected chi connectivity index (χ0v) is 23.5. The average Bonchev–Trinajstić information content (AvgIpc) is 3.40. The van der Waals surface area contributed by atoms with Gasteiger partial charge < -0.3 is 34.6 Å². The van der Waals surface area contributed by atoms with Crippen molar-refractivity contribution in [2.24, 2.45) is 5.73 Å². The van der Waals surface area contributed by atoms with Crippen molar-refractivity contribution in [1.29, 1.82) is 0 Å². The maximum Gasteiger partial charge on any atom is 0.472 e. The molecular weight excluding hydrogens is 570 g/mol. The van der Waals surface area contributed by atoms with Gasteiger partial charge in [-0.1, -0.05) is 6.58 Å². The lowest BCUT2D eigenvalue weighted by molar-refractivity contribution is -0.118. The first kappa shape index (κ1) is 33.3. The fraction of sp³-hybridized carbons (Fsp3) is 0.737. The number of phosphoric acid groups is 2. The first-order chi connectivity index (χ1) is 18.1. The maximum atomic E-state index is 12.8. The summed E-state index contributed by atoms with van der Waals surface area (Å²) in [5.74, 6) is -0.590. The summed E-state index contributed by atoms with van der Waals surface area (Å²) >= 11 is 0. The van der Waals surface area contributed by atoms with Crippen LogP contribution in [0.3, 0.4) is 0 Å². The van der Waals surface area contributed by atoms with Gasteiger partial charge in [0.05, 0.1) is 13.2 Å². The molecular formula is C19H34N4O14P2. The van der Waals surface area contributed by atoms with Crippen molar-refractivity contribution in [2.75, 3.05) is 34.5 Å². The lowest BCUT2D eigenvalue weighted by Gasteiger charge is -2.24. The van der Waals surface area contributed by atoms with Crippen LogP contribution in [0.15, 0.2) is 12.8 Å². The highest BCUT2D eigenvalue weighted by Crippen LogP contribution is 2.50. The molecule has 8 atom stereocenters. The van der Waals surface area contributed by atoms with Crippen LogP contribution in [0.1, 0.15) is 19.8 Å². The number of nitrogens with two attached hydrogens (primary N) is 1. The van der Waals surface area contributed by atoms with Gasteiger partial charge in [-0.2, -0.15) is 0 Å². The zero-order valence-electron chi connectivity index (χ0n) is 21.7. The van der Waals surface area contributed by atoms with E-state index in [0.29, 0.717) is 0 Å². The molecule has 2 heterocycles. The molecule has 5 amide bonds. The molecule has 0 bridgehead atoms. The summed E-state index contributed by atoms with van der Waals surface area (Å²) in [4.78, 5) is 57.1. The molecule has 0 radical (unpaired) electrons. The number of phosphoric ester groups is 2. The highest BCUT2D eigenvalue weighted by Gasteiger charge is 2.46. The van der Waals surface area contributed by atoms with E-state index in [4.69, 9.17) is 33.5 Å². The maximum absolute atomic E-state index is 12.8. The molecule has 0 aromatic rings. The number of primary amides is 1. The Hall–Kier alpha value is -1.95. The molecule has 2 saturated heterocycles. The van der Waals surface area contributed by atoms with Crippen LogP contribution in [0.2, 0.25) is 0 Å². The third kappa shape index (κ3) is 9.58. The minimum absolute atomic E-state index is 0.0695. The van der Waals surface area contributed by atoms with E-state index in [1.165, 1.54) is 14.2 Å². The van der Waals surface area contributed by atoms with Gasteiger partial charge >= 0.3 is 27.7 Å². The Morgan fingerprint density at radius 3 is 2.10 bits per heavy atom. The van der Waals surface area contributed by atoms with Gasteiger partial charge in [-0.15, -0.1) is 0 Å². The number of hydrogen-bond acceptors (Lipinski definition) is 12. The molecule has 2 rings (SSSR count). The Morgan fingerprint density at radius 1 is 1.05 bits per heavy atom. The second-order valence-electron chi connectivity index (χ2n) is 8.41. The van der Waals surface area contributed by atoms with Gasteiger partial charge in [-0.3, -0.25) is 33.1 Å². The number of hydrogen-bond donors (Lipinski definition) is 4. The molecule has 18 nitrogen and oxygen atoms in total. The standard InChI is InChI=1S/C19H34N4O14P2/c1-6-23(18(20)25)17-8-13(36-38(27,28)32-5)15(35-17)10-33-39(29,30)37-12-7-16(34-14(12)9-31-4)22(3)19(26)21-11(2)24/h6,12-17H,1,7-10H2,2-5H3,(H2,20,25)(H,27,28)(H,29,30)(H,21,24,26). The van der Waals surface area contributed by atoms with Crippen molar-refractivity contribution < 1.29 is 65.6 Å². The molecule has 39 heavy (non-hydrogen) atoms. The summed E-state index contributed by atoms with van der Waals surface area (Å²) in [6, 6.07) is -1.69. The molecule has 0 aromatic heterocycles. The first-order valence-electron chi connectivity index (χ1n) is 11.4. The van der Waals surface area contributed by atoms with E-state index in [1.807, 2.05) is 0 Å². The molecule has 2 fully saturated rings. The second-order valence-corrected chi connectivity index (χ2v) is 11.3. The Bertz CT molecular complexity index is 1000. The highest BCUT2D eigenvalue weighted by atomic mass is 31.2. The van der Waals surface area contributed by atoms with Gasteiger partial charge in [0, 0.05) is 47.2 Å². The SMILES string of the molecule is C=CN(C(N)=O)C1CC(OP(=O)(O)OC)C(COP(=O)(O)OC2CC(N(C)C(=O)NC(C)=O)OC2COC)O1. The van der Waals surface area contributed by atoms with Gasteiger partial charge in [0.15, 0.2) is 0 Å². The van der Waals surface area contributed by atoms with Gasteiger partial charge in [0.25, 0.3) is 0 Å². The monoisotopic (exact) mass is 604 g/mol. The van der Waals surface area contributed by atoms with Crippen molar-refractivity contribution in [3.8, 4) is 0 Å². The van der Waals surface area contributed by atoms with Crippen molar-refractivity contribution in [3.05, 3.63) is 12.8 Å². The summed E-state index contributed by atoms with van der Waals surface area (Å²) in [5, 5.41) is 2.08. The molecule has 5 N–H and O–H groups in total. The predicted octanol–water partition coefficient (Wildman–Crippen LogP) is 0.209. The summed E-state index contributed by atoms with van der Waals surface area (Å²) in [7, 11) is -5.73. The Morgan fingerprint density at radius 2 is 1.59 bits per heavy atom. The van der Waals surface area contributed by atoms with Gasteiger partial charge in [-0.05, 0) is 0 Å². The summed E-state index contributed by atoms with van der Waals surface area (Å²) in [6.07, 6.45) is -5.68. The Balaban J connectivity index is 2.10. The summed E-state index contributed by atoms with van der Waals surface area (Å²) in [5.41, 5.74) is 5.28. The fourth-order valence-corrected chi connectivity index (χ4v) is 5.41. The van der Waals surface area contributed by atoms with Gasteiger partial charge in [0.2, 0.25) is 5.91 Å². The van der Waals surface area contributed by atoms with Crippen molar-refractivity contribution in [3.63, 3.8) is 0 Å². The van der Waals surface area contributed by atoms with E-state index >= 15 is 0 Å². The van der Waals surface area contributed by atoms with Crippen LogP contribution in [0.25, 0.3) is 0 Å². The van der Waals surface area contributed by atoms with E-state index < -0.39 is 77.1 Å². The number of imide groups is 1. The van der Waals surface area contributed by atoms with E-state index in [2.05, 4.69) is 16.4 Å². The third-order valence-electron chi connectivity index (χ3n) is 5.66. The van der Waals surface area contributed by atoms with Gasteiger partial charge in [0.1, 0.15) is 36.9 Å². The molecule has 224 valence electrons. The van der Waals surface area contributed by atoms with Crippen LogP contribution in [0, 0.1) is 0 Å². The topological polar surface area (TPSA) is 235 Å². The number of ether oxygens (including phenoxy) is 3. The third-order valence-corrected chi connectivity index (χ3v) is 7.67. The van der Waals surface area contributed by atoms with E-state index in [-0.39, 0.29) is 19.4 Å². The normalized spacial score (nSPS) is 29.7. The minimum atomic E-state index is -4.84. The molecule has 2 aliphatic heterocycles. The minimum Gasteiger partial charge on any atom is -0.382 e. The highest BCUT2D eigenvalue weighted by molar-refractivity contribution is 7.47. The predicted molar refractivity (Wildman–Crippen MR) is 129 cm³/mol. The first-order valence-corrected chi connectivity index (χ1v) is 14.4. The van der Waals surface area contributed by atoms with Crippen molar-refractivity contribution >= 4 is 33.6 Å². The number of nitrogens with zero attached hydrogens (tertiary/aromatic N) is 2. The zero-order chi connectivity index (χ0) is 29.5. The molecule has 8 unspecified atom stereocenters. The molecule has 0 aliphatic carbocycles. The summed E-state index contributed by atoms with van der Waals surface area (Å²) in [6.45, 7) is 3.85. The largest absolute Gasteiger partial charge is 0.472 e. The average molecular weight is 604 g/mol. The smallest absolute Gasteiger partial charge is 0.382 e. The van der Waals surface area contributed by atoms with E-state index in [1.54, 1.807) is 0 Å². The fourth-order valence-electron chi connectivity index (χ4n) is 3.80. The van der Waals surface area contributed by atoms with Crippen molar-refractivity contribution in [1.82, 2.24) is 15.1 Å². The van der Waals surface area contributed by atoms with Crippen LogP contribution in [0.5, 0.6) is 0 Å². The number of carbonyl (C=O) groups is 3. The molecule has 2 aliphatic rings. The van der Waals surface area contributed by atoms with Crippen LogP contribution in [0.4, 0.5) is 9.59 Å². The molecule has 0 spiro atoms. The second kappa shape index (κ2) is 14.1. The number of amides is 5. The van der Waals surface area contributed by atoms with Crippen LogP contribution in [-0.4, -0.2) is 109 Å². The van der Waals surface area contributed by atoms with E-state index in [9.17, 15) is 33.3 Å². The Kier molecular flexibility index (Phi) is 12.0. The molecule has 0 saturated carbocycles. The number of methoxy groups -OCH3 is 1. The lowest BCUT2D eigenvalue weighted by Crippen LogP contribution is -2.45. The van der Waals surface area contributed by atoms with Crippen LogP contribution in [-0.2, 0) is 46.2 Å². The van der Waals surface area contributed by atoms with Crippen LogP contribution >= 0.6 is 15.6 Å². The van der Waals surface area contributed by atoms with Crippen molar-refractivity contribution in [2.45, 2.75) is 56.6 Å². The molecule has 0 aromatic carbocycles. The Labute approximate surface area is 224 Å². The lowest BCUT2D eigenvalue weighted by atomic mass is 10.2. The van der Waals surface area contributed by atoms with Crippen LogP contribution < -0.4 is 11.1 Å². The number of carbonyl (C=O) groups excluding carboxylic acids is 3. The number of rotatable bonds is 13. The summed E-state index contributed by atoms with van der Waals surface area (Å²) < 4.78 is 61.0. The van der Waals surface area contributed by atoms with Gasteiger partial charge in [-0.25, -0.2) is 18.7 Å². The number of urea groups is 2. The van der Waals surface area contributed by atoms with E-state index in [0.717, 1.165) is 30.0 Å².